The van der Waals surface area contributed by atoms with Gasteiger partial charge < -0.3 is 10.1 Å². The Hall–Kier alpha value is -1.58. The summed E-state index contributed by atoms with van der Waals surface area (Å²) >= 11 is 0. The molecule has 0 spiro atoms. The van der Waals surface area contributed by atoms with Crippen LogP contribution in [0, 0.1) is 12.7 Å². The first-order valence-corrected chi connectivity index (χ1v) is 4.71. The number of nitrogens with one attached hydrogen (secondary N) is 1. The van der Waals surface area contributed by atoms with Crippen LogP contribution in [-0.2, 0) is 4.79 Å². The average Bonchev–Trinajstić information content (AvgIpc) is 2.09. The molecule has 1 aromatic carbocycles. The smallest absolute Gasteiger partial charge is 0.268 e. The van der Waals surface area contributed by atoms with Gasteiger partial charge in [-0.1, -0.05) is 0 Å². The Morgan fingerprint density at radius 3 is 2.73 bits per heavy atom. The molecule has 2 rings (SSSR count). The fraction of sp³-hybridized carbons (Fsp3) is 0.364. The number of halogens is 1. The third-order valence-electron chi connectivity index (χ3n) is 2.34. The highest BCUT2D eigenvalue weighted by atomic mass is 19.1. The molecular weight excluding hydrogens is 197 g/mol. The number of carbonyl (C=O) groups excluding carboxylic acids is 1. The molecule has 1 heterocycles. The molecule has 0 unspecified atom stereocenters. The first kappa shape index (κ1) is 9.96. The first-order chi connectivity index (χ1) is 6.90. The van der Waals surface area contributed by atoms with E-state index >= 15 is 0 Å². The second-order valence-electron chi connectivity index (χ2n) is 4.19. The van der Waals surface area contributed by atoms with Crippen LogP contribution in [0.1, 0.15) is 19.4 Å². The van der Waals surface area contributed by atoms with Crippen LogP contribution in [0.4, 0.5) is 10.1 Å². The molecule has 15 heavy (non-hydrogen) atoms. The lowest BCUT2D eigenvalue weighted by Gasteiger charge is -2.31. The minimum atomic E-state index is -1.02. The van der Waals surface area contributed by atoms with Crippen molar-refractivity contribution in [2.45, 2.75) is 26.4 Å². The van der Waals surface area contributed by atoms with Gasteiger partial charge in [-0.15, -0.1) is 0 Å². The van der Waals surface area contributed by atoms with Crippen LogP contribution in [0.15, 0.2) is 12.1 Å². The highest BCUT2D eigenvalue weighted by molar-refractivity contribution is 6.00. The van der Waals surface area contributed by atoms with E-state index in [1.165, 1.54) is 6.07 Å². The molecule has 0 atom stereocenters. The van der Waals surface area contributed by atoms with E-state index in [0.717, 1.165) is 5.56 Å². The van der Waals surface area contributed by atoms with Crippen molar-refractivity contribution in [3.05, 3.63) is 23.5 Å². The monoisotopic (exact) mass is 209 g/mol. The van der Waals surface area contributed by atoms with Gasteiger partial charge in [0.15, 0.2) is 17.2 Å². The molecule has 0 aromatic heterocycles. The van der Waals surface area contributed by atoms with Gasteiger partial charge >= 0.3 is 0 Å². The number of fused-ring (bicyclic) bond motifs is 1. The molecule has 0 saturated heterocycles. The van der Waals surface area contributed by atoms with Gasteiger partial charge in [-0.3, -0.25) is 4.79 Å². The van der Waals surface area contributed by atoms with E-state index in [0.29, 0.717) is 5.69 Å². The highest BCUT2D eigenvalue weighted by Crippen LogP contribution is 2.36. The zero-order chi connectivity index (χ0) is 11.2. The topological polar surface area (TPSA) is 38.3 Å². The van der Waals surface area contributed by atoms with Crippen molar-refractivity contribution < 1.29 is 13.9 Å². The van der Waals surface area contributed by atoms with Crippen LogP contribution in [0.5, 0.6) is 5.75 Å². The highest BCUT2D eigenvalue weighted by Gasteiger charge is 2.36. The quantitative estimate of drug-likeness (QED) is 0.711. The van der Waals surface area contributed by atoms with Gasteiger partial charge in [0.05, 0.1) is 5.69 Å². The number of benzene rings is 1. The molecule has 3 nitrogen and oxygen atoms in total. The SMILES string of the molecule is Cc1cc(F)c2c(c1)NC(=O)C(C)(C)O2. The third-order valence-corrected chi connectivity index (χ3v) is 2.34. The Bertz CT molecular complexity index is 440. The average molecular weight is 209 g/mol. The lowest BCUT2D eigenvalue weighted by molar-refractivity contribution is -0.129. The molecule has 1 amide bonds. The van der Waals surface area contributed by atoms with E-state index in [1.54, 1.807) is 26.8 Å². The number of anilines is 1. The summed E-state index contributed by atoms with van der Waals surface area (Å²) in [5.41, 5.74) is 0.120. The van der Waals surface area contributed by atoms with Crippen molar-refractivity contribution in [2.24, 2.45) is 0 Å². The second-order valence-corrected chi connectivity index (χ2v) is 4.19. The van der Waals surface area contributed by atoms with E-state index < -0.39 is 11.4 Å². The zero-order valence-electron chi connectivity index (χ0n) is 8.85. The molecule has 1 aromatic rings. The zero-order valence-corrected chi connectivity index (χ0v) is 8.85. The Morgan fingerprint density at radius 1 is 1.40 bits per heavy atom. The second kappa shape index (κ2) is 2.95. The predicted octanol–water partition coefficient (Wildman–Crippen LogP) is 2.24. The summed E-state index contributed by atoms with van der Waals surface area (Å²) in [7, 11) is 0. The summed E-state index contributed by atoms with van der Waals surface area (Å²) in [6, 6.07) is 3.07. The van der Waals surface area contributed by atoms with Crippen molar-refractivity contribution in [1.82, 2.24) is 0 Å². The number of aryl methyl sites for hydroxylation is 1. The Balaban J connectivity index is 2.55. The lowest BCUT2D eigenvalue weighted by Crippen LogP contribution is -2.46. The molecule has 0 radical (unpaired) electrons. The Kier molecular flexibility index (Phi) is 1.96. The van der Waals surface area contributed by atoms with E-state index in [2.05, 4.69) is 5.32 Å². The molecule has 4 heteroatoms. The van der Waals surface area contributed by atoms with Gasteiger partial charge in [0.1, 0.15) is 0 Å². The maximum Gasteiger partial charge on any atom is 0.268 e. The molecule has 1 N–H and O–H groups in total. The van der Waals surface area contributed by atoms with Crippen LogP contribution in [0.25, 0.3) is 0 Å². The fourth-order valence-corrected chi connectivity index (χ4v) is 1.50. The van der Waals surface area contributed by atoms with Crippen LogP contribution in [-0.4, -0.2) is 11.5 Å². The van der Waals surface area contributed by atoms with Gasteiger partial charge in [-0.25, -0.2) is 4.39 Å². The molecule has 0 aliphatic carbocycles. The summed E-state index contributed by atoms with van der Waals surface area (Å²) in [6.45, 7) is 4.96. The normalized spacial score (nSPS) is 17.7. The van der Waals surface area contributed by atoms with Crippen LogP contribution < -0.4 is 10.1 Å². The molecule has 0 fully saturated rings. The fourth-order valence-electron chi connectivity index (χ4n) is 1.50. The minimum Gasteiger partial charge on any atom is -0.473 e. The van der Waals surface area contributed by atoms with Gasteiger partial charge in [-0.2, -0.15) is 0 Å². The molecule has 80 valence electrons. The predicted molar refractivity (Wildman–Crippen MR) is 54.5 cm³/mol. The van der Waals surface area contributed by atoms with Crippen molar-refractivity contribution in [3.8, 4) is 5.75 Å². The number of hydrogen-bond donors (Lipinski definition) is 1. The summed E-state index contributed by atoms with van der Waals surface area (Å²) < 4.78 is 18.9. The van der Waals surface area contributed by atoms with Crippen LogP contribution in [0.3, 0.4) is 0 Å². The van der Waals surface area contributed by atoms with E-state index in [9.17, 15) is 9.18 Å². The van der Waals surface area contributed by atoms with Crippen LogP contribution >= 0.6 is 0 Å². The van der Waals surface area contributed by atoms with E-state index in [1.807, 2.05) is 0 Å². The third kappa shape index (κ3) is 1.56. The maximum atomic E-state index is 13.5. The Morgan fingerprint density at radius 2 is 2.07 bits per heavy atom. The number of ether oxygens (including phenoxy) is 1. The molecular formula is C11H12FNO2. The van der Waals surface area contributed by atoms with Gasteiger partial charge in [-0.05, 0) is 38.5 Å². The molecule has 0 saturated carbocycles. The standard InChI is InChI=1S/C11H12FNO2/c1-6-4-7(12)9-8(5-6)13-10(14)11(2,3)15-9/h4-5H,1-3H3,(H,13,14). The number of rotatable bonds is 0. The summed E-state index contributed by atoms with van der Waals surface area (Å²) in [5, 5.41) is 2.63. The van der Waals surface area contributed by atoms with Crippen molar-refractivity contribution in [1.29, 1.82) is 0 Å². The molecule has 0 bridgehead atoms. The van der Waals surface area contributed by atoms with Gasteiger partial charge in [0, 0.05) is 0 Å². The van der Waals surface area contributed by atoms with Gasteiger partial charge in [0.25, 0.3) is 5.91 Å². The van der Waals surface area contributed by atoms with Gasteiger partial charge in [0.2, 0.25) is 0 Å². The van der Waals surface area contributed by atoms with E-state index in [-0.39, 0.29) is 11.7 Å². The van der Waals surface area contributed by atoms with E-state index in [4.69, 9.17) is 4.74 Å². The van der Waals surface area contributed by atoms with Crippen molar-refractivity contribution in [3.63, 3.8) is 0 Å². The minimum absolute atomic E-state index is 0.116. The summed E-state index contributed by atoms with van der Waals surface area (Å²) in [4.78, 5) is 11.5. The molecule has 1 aliphatic rings. The summed E-state index contributed by atoms with van der Waals surface area (Å²) in [5.74, 6) is -0.594. The molecule has 1 aliphatic heterocycles. The largest absolute Gasteiger partial charge is 0.473 e. The first-order valence-electron chi connectivity index (χ1n) is 4.71. The van der Waals surface area contributed by atoms with Crippen molar-refractivity contribution >= 4 is 11.6 Å². The lowest BCUT2D eigenvalue weighted by atomic mass is 10.1. The number of amides is 1. The van der Waals surface area contributed by atoms with Crippen molar-refractivity contribution in [2.75, 3.05) is 5.32 Å². The maximum absolute atomic E-state index is 13.5. The summed E-state index contributed by atoms with van der Waals surface area (Å²) in [6.07, 6.45) is 0. The number of carbonyl (C=O) groups is 1. The Labute approximate surface area is 87.2 Å². The number of hydrogen-bond acceptors (Lipinski definition) is 2. The van der Waals surface area contributed by atoms with Crippen LogP contribution in [0.2, 0.25) is 0 Å².